The quantitative estimate of drug-likeness (QED) is 0.164. The fourth-order valence-electron chi connectivity index (χ4n) is 2.79. The Morgan fingerprint density at radius 3 is 2.47 bits per heavy atom. The zero-order chi connectivity index (χ0) is 21.2. The second-order valence-corrected chi connectivity index (χ2v) is 6.29. The number of halogens is 1. The third-order valence-electron chi connectivity index (χ3n) is 4.23. The second kappa shape index (κ2) is 12.9. The molecule has 0 bridgehead atoms. The second-order valence-electron chi connectivity index (χ2n) is 6.29. The topological polar surface area (TPSA) is 98.0 Å². The van der Waals surface area contributed by atoms with Crippen LogP contribution >= 0.6 is 24.0 Å². The molecule has 2 aromatic carbocycles. The first-order valence-corrected chi connectivity index (χ1v) is 9.58. The summed E-state index contributed by atoms with van der Waals surface area (Å²) in [6.45, 7) is 7.43. The first kappa shape index (κ1) is 25.5. The summed E-state index contributed by atoms with van der Waals surface area (Å²) < 4.78 is 11.3. The SMILES string of the molecule is CCOc1ccc(C(C)NC(=NC)NCc2cccc([N+](=O)[O-])c2)cc1OCC.I. The molecule has 0 aliphatic rings. The molecule has 2 aromatic rings. The van der Waals surface area contributed by atoms with Gasteiger partial charge in [0.1, 0.15) is 0 Å². The number of benzene rings is 2. The van der Waals surface area contributed by atoms with Gasteiger partial charge in [0.05, 0.1) is 24.2 Å². The molecule has 2 N–H and O–H groups in total. The molecule has 1 atom stereocenters. The lowest BCUT2D eigenvalue weighted by molar-refractivity contribution is -0.384. The lowest BCUT2D eigenvalue weighted by Crippen LogP contribution is -2.38. The number of nitrogens with one attached hydrogen (secondary N) is 2. The molecule has 9 heteroatoms. The van der Waals surface area contributed by atoms with Crippen molar-refractivity contribution in [1.29, 1.82) is 0 Å². The molecular formula is C21H29IN4O4. The first-order valence-electron chi connectivity index (χ1n) is 9.58. The molecule has 8 nitrogen and oxygen atoms in total. The highest BCUT2D eigenvalue weighted by Crippen LogP contribution is 2.30. The summed E-state index contributed by atoms with van der Waals surface area (Å²) in [4.78, 5) is 14.8. The maximum Gasteiger partial charge on any atom is 0.269 e. The van der Waals surface area contributed by atoms with Crippen molar-refractivity contribution in [3.05, 3.63) is 63.7 Å². The van der Waals surface area contributed by atoms with E-state index >= 15 is 0 Å². The van der Waals surface area contributed by atoms with E-state index in [1.54, 1.807) is 19.2 Å². The van der Waals surface area contributed by atoms with E-state index in [1.807, 2.05) is 45.0 Å². The lowest BCUT2D eigenvalue weighted by Gasteiger charge is -2.20. The number of hydrogen-bond acceptors (Lipinski definition) is 5. The average Bonchev–Trinajstić information content (AvgIpc) is 2.72. The average molecular weight is 528 g/mol. The van der Waals surface area contributed by atoms with Crippen LogP contribution in [0.3, 0.4) is 0 Å². The van der Waals surface area contributed by atoms with Crippen molar-refractivity contribution in [1.82, 2.24) is 10.6 Å². The number of ether oxygens (including phenoxy) is 2. The van der Waals surface area contributed by atoms with Gasteiger partial charge in [-0.25, -0.2) is 0 Å². The Kier molecular flexibility index (Phi) is 10.9. The van der Waals surface area contributed by atoms with Gasteiger partial charge in [-0.1, -0.05) is 18.2 Å². The maximum absolute atomic E-state index is 10.9. The number of nitro benzene ring substituents is 1. The molecule has 0 fully saturated rings. The molecule has 2 rings (SSSR count). The standard InChI is InChI=1S/C21H28N4O4.HI/c1-5-28-19-11-10-17(13-20(19)29-6-2)15(3)24-21(22-4)23-14-16-8-7-9-18(12-16)25(26)27;/h7-13,15H,5-6,14H2,1-4H3,(H2,22,23,24);1H. The van der Waals surface area contributed by atoms with E-state index in [2.05, 4.69) is 15.6 Å². The highest BCUT2D eigenvalue weighted by molar-refractivity contribution is 14.0. The summed E-state index contributed by atoms with van der Waals surface area (Å²) in [5, 5.41) is 17.4. The van der Waals surface area contributed by atoms with Crippen LogP contribution in [0.5, 0.6) is 11.5 Å². The molecule has 0 aliphatic carbocycles. The Balaban J connectivity index is 0.00000450. The number of rotatable bonds is 9. The van der Waals surface area contributed by atoms with E-state index in [4.69, 9.17) is 9.47 Å². The Bertz CT molecular complexity index is 861. The molecule has 0 radical (unpaired) electrons. The van der Waals surface area contributed by atoms with E-state index in [0.29, 0.717) is 31.5 Å². The molecular weight excluding hydrogens is 499 g/mol. The lowest BCUT2D eigenvalue weighted by atomic mass is 10.1. The summed E-state index contributed by atoms with van der Waals surface area (Å²) in [6.07, 6.45) is 0. The zero-order valence-corrected chi connectivity index (χ0v) is 20.0. The Hall–Kier alpha value is -2.56. The minimum absolute atomic E-state index is 0. The molecule has 0 aromatic heterocycles. The summed E-state index contributed by atoms with van der Waals surface area (Å²) in [6, 6.07) is 12.3. The number of guanidine groups is 1. The molecule has 0 saturated carbocycles. The number of nitro groups is 1. The summed E-state index contributed by atoms with van der Waals surface area (Å²) >= 11 is 0. The van der Waals surface area contributed by atoms with E-state index in [1.165, 1.54) is 6.07 Å². The molecule has 0 amide bonds. The fraction of sp³-hybridized carbons (Fsp3) is 0.381. The van der Waals surface area contributed by atoms with Gasteiger partial charge < -0.3 is 20.1 Å². The largest absolute Gasteiger partial charge is 0.490 e. The molecule has 0 heterocycles. The third-order valence-corrected chi connectivity index (χ3v) is 4.23. The Morgan fingerprint density at radius 1 is 1.13 bits per heavy atom. The van der Waals surface area contributed by atoms with Crippen molar-refractivity contribution in [3.63, 3.8) is 0 Å². The summed E-state index contributed by atoms with van der Waals surface area (Å²) in [7, 11) is 1.68. The van der Waals surface area contributed by atoms with Gasteiger partial charge in [0.25, 0.3) is 5.69 Å². The van der Waals surface area contributed by atoms with Gasteiger partial charge in [0.2, 0.25) is 0 Å². The minimum Gasteiger partial charge on any atom is -0.490 e. The van der Waals surface area contributed by atoms with Crippen LogP contribution in [0.4, 0.5) is 5.69 Å². The number of aliphatic imine (C=N–C) groups is 1. The highest BCUT2D eigenvalue weighted by atomic mass is 127. The van der Waals surface area contributed by atoms with Crippen LogP contribution in [0.25, 0.3) is 0 Å². The van der Waals surface area contributed by atoms with Crippen LogP contribution in [-0.2, 0) is 6.54 Å². The molecule has 0 saturated heterocycles. The van der Waals surface area contributed by atoms with E-state index in [9.17, 15) is 10.1 Å². The van der Waals surface area contributed by atoms with Gasteiger partial charge in [-0.15, -0.1) is 24.0 Å². The predicted molar refractivity (Wildman–Crippen MR) is 129 cm³/mol. The van der Waals surface area contributed by atoms with Crippen molar-refractivity contribution in [2.24, 2.45) is 4.99 Å². The van der Waals surface area contributed by atoms with Gasteiger partial charge in [0, 0.05) is 25.7 Å². The van der Waals surface area contributed by atoms with Crippen LogP contribution in [0.2, 0.25) is 0 Å². The van der Waals surface area contributed by atoms with Crippen molar-refractivity contribution in [2.75, 3.05) is 20.3 Å². The van der Waals surface area contributed by atoms with E-state index in [-0.39, 0.29) is 35.7 Å². The van der Waals surface area contributed by atoms with E-state index < -0.39 is 4.92 Å². The summed E-state index contributed by atoms with van der Waals surface area (Å²) in [5.74, 6) is 2.02. The van der Waals surface area contributed by atoms with Gasteiger partial charge in [-0.3, -0.25) is 15.1 Å². The van der Waals surface area contributed by atoms with Crippen molar-refractivity contribution < 1.29 is 14.4 Å². The number of hydrogen-bond donors (Lipinski definition) is 2. The Labute approximate surface area is 194 Å². The maximum atomic E-state index is 10.9. The molecule has 0 aliphatic heterocycles. The van der Waals surface area contributed by atoms with E-state index in [0.717, 1.165) is 16.9 Å². The molecule has 30 heavy (non-hydrogen) atoms. The third kappa shape index (κ3) is 7.36. The van der Waals surface area contributed by atoms with Gasteiger partial charge in [-0.05, 0) is 44.0 Å². The number of nitrogens with zero attached hydrogens (tertiary/aromatic N) is 2. The van der Waals surface area contributed by atoms with Crippen molar-refractivity contribution >= 4 is 35.6 Å². The van der Waals surface area contributed by atoms with Crippen molar-refractivity contribution in [3.8, 4) is 11.5 Å². The van der Waals surface area contributed by atoms with Gasteiger partial charge in [-0.2, -0.15) is 0 Å². The first-order chi connectivity index (χ1) is 14.0. The van der Waals surface area contributed by atoms with Crippen LogP contribution in [0.15, 0.2) is 47.5 Å². The van der Waals surface area contributed by atoms with Crippen molar-refractivity contribution in [2.45, 2.75) is 33.4 Å². The van der Waals surface area contributed by atoms with Crippen LogP contribution < -0.4 is 20.1 Å². The summed E-state index contributed by atoms with van der Waals surface area (Å²) in [5.41, 5.74) is 1.89. The monoisotopic (exact) mass is 528 g/mol. The molecule has 1 unspecified atom stereocenters. The van der Waals surface area contributed by atoms with Gasteiger partial charge in [0.15, 0.2) is 17.5 Å². The fourth-order valence-corrected chi connectivity index (χ4v) is 2.79. The Morgan fingerprint density at radius 2 is 1.83 bits per heavy atom. The predicted octanol–water partition coefficient (Wildman–Crippen LogP) is 4.44. The molecule has 0 spiro atoms. The van der Waals surface area contributed by atoms with Gasteiger partial charge >= 0.3 is 0 Å². The van der Waals surface area contributed by atoms with Crippen LogP contribution in [0, 0.1) is 10.1 Å². The molecule has 164 valence electrons. The highest BCUT2D eigenvalue weighted by Gasteiger charge is 2.13. The smallest absolute Gasteiger partial charge is 0.269 e. The van der Waals surface area contributed by atoms with Crippen LogP contribution in [-0.4, -0.2) is 31.1 Å². The number of non-ortho nitro benzene ring substituents is 1. The van der Waals surface area contributed by atoms with Crippen LogP contribution in [0.1, 0.15) is 37.9 Å². The minimum atomic E-state index is -0.402. The zero-order valence-electron chi connectivity index (χ0n) is 17.7. The normalized spacial score (nSPS) is 11.8.